The number of likely N-dealkylation sites (tertiary alicyclic amines) is 1. The summed E-state index contributed by atoms with van der Waals surface area (Å²) in [6, 6.07) is 7.90. The fourth-order valence-electron chi connectivity index (χ4n) is 2.59. The smallest absolute Gasteiger partial charge is 0.208 e. The van der Waals surface area contributed by atoms with Crippen LogP contribution in [0.25, 0.3) is 0 Å². The highest BCUT2D eigenvalue weighted by Crippen LogP contribution is 2.27. The summed E-state index contributed by atoms with van der Waals surface area (Å²) in [5, 5.41) is 0. The fraction of sp³-hybridized carbons (Fsp3) is 0.571. The number of hydrogen-bond donors (Lipinski definition) is 1. The van der Waals surface area contributed by atoms with Crippen molar-refractivity contribution in [3.05, 3.63) is 29.8 Å². The molecule has 1 heterocycles. The topological polar surface area (TPSA) is 58.6 Å². The van der Waals surface area contributed by atoms with Gasteiger partial charge >= 0.3 is 0 Å². The third-order valence-electron chi connectivity index (χ3n) is 3.60. The van der Waals surface area contributed by atoms with Crippen LogP contribution in [-0.2, 0) is 10.0 Å². The van der Waals surface area contributed by atoms with Gasteiger partial charge in [0.1, 0.15) is 5.75 Å². The lowest BCUT2D eigenvalue weighted by Gasteiger charge is -2.28. The molecule has 1 aliphatic heterocycles. The van der Waals surface area contributed by atoms with E-state index in [0.29, 0.717) is 6.54 Å². The summed E-state index contributed by atoms with van der Waals surface area (Å²) < 4.78 is 30.6. The maximum atomic E-state index is 11.4. The van der Waals surface area contributed by atoms with Crippen LogP contribution in [0.4, 0.5) is 0 Å². The van der Waals surface area contributed by atoms with Crippen LogP contribution in [0.15, 0.2) is 24.3 Å². The summed E-state index contributed by atoms with van der Waals surface area (Å²) in [5.41, 5.74) is 1.09. The molecule has 0 amide bonds. The van der Waals surface area contributed by atoms with Gasteiger partial charge in [-0.25, -0.2) is 13.1 Å². The quantitative estimate of drug-likeness (QED) is 0.862. The van der Waals surface area contributed by atoms with Gasteiger partial charge in [-0.15, -0.1) is 0 Å². The number of sulfonamides is 1. The Hall–Kier alpha value is -1.11. The second kappa shape index (κ2) is 6.56. The largest absolute Gasteiger partial charge is 0.497 e. The molecule has 0 bridgehead atoms. The van der Waals surface area contributed by atoms with Gasteiger partial charge in [0.2, 0.25) is 10.0 Å². The minimum atomic E-state index is -3.18. The van der Waals surface area contributed by atoms with Crippen LogP contribution in [0.3, 0.4) is 0 Å². The molecular formula is C14H22N2O3S. The Morgan fingerprint density at radius 3 is 2.65 bits per heavy atom. The lowest BCUT2D eigenvalue weighted by atomic mass is 10.1. The third-order valence-corrected chi connectivity index (χ3v) is 4.29. The van der Waals surface area contributed by atoms with Gasteiger partial charge in [0.25, 0.3) is 0 Å². The minimum absolute atomic E-state index is 0.0577. The van der Waals surface area contributed by atoms with Gasteiger partial charge in [-0.05, 0) is 43.6 Å². The zero-order valence-corrected chi connectivity index (χ0v) is 12.8. The van der Waals surface area contributed by atoms with E-state index < -0.39 is 10.0 Å². The summed E-state index contributed by atoms with van der Waals surface area (Å²) in [5.74, 6) is 0.797. The first-order valence-electron chi connectivity index (χ1n) is 6.82. The monoisotopic (exact) mass is 298 g/mol. The minimum Gasteiger partial charge on any atom is -0.497 e. The van der Waals surface area contributed by atoms with Crippen molar-refractivity contribution in [2.45, 2.75) is 18.9 Å². The highest BCUT2D eigenvalue weighted by Gasteiger charge is 2.24. The lowest BCUT2D eigenvalue weighted by molar-refractivity contribution is 0.246. The van der Waals surface area contributed by atoms with Crippen molar-refractivity contribution in [2.75, 3.05) is 33.0 Å². The van der Waals surface area contributed by atoms with Crippen LogP contribution in [0.2, 0.25) is 0 Å². The normalized spacial score (nSPS) is 18.1. The lowest BCUT2D eigenvalue weighted by Crippen LogP contribution is -2.36. The molecule has 1 aliphatic rings. The number of benzene rings is 1. The summed E-state index contributed by atoms with van der Waals surface area (Å²) >= 11 is 0. The molecule has 1 atom stereocenters. The van der Waals surface area contributed by atoms with E-state index in [4.69, 9.17) is 4.74 Å². The van der Waals surface area contributed by atoms with Gasteiger partial charge < -0.3 is 4.74 Å². The predicted octanol–water partition coefficient (Wildman–Crippen LogP) is 1.38. The molecule has 5 nitrogen and oxygen atoms in total. The van der Waals surface area contributed by atoms with Crippen molar-refractivity contribution < 1.29 is 13.2 Å². The van der Waals surface area contributed by atoms with Crippen LogP contribution in [-0.4, -0.2) is 46.3 Å². The van der Waals surface area contributed by atoms with Crippen LogP contribution in [0.5, 0.6) is 5.75 Å². The molecule has 6 heteroatoms. The van der Waals surface area contributed by atoms with E-state index in [-0.39, 0.29) is 6.04 Å². The average Bonchev–Trinajstić information content (AvgIpc) is 2.92. The highest BCUT2D eigenvalue weighted by atomic mass is 32.2. The van der Waals surface area contributed by atoms with Gasteiger partial charge in [-0.3, -0.25) is 4.90 Å². The molecular weight excluding hydrogens is 276 g/mol. The zero-order valence-electron chi connectivity index (χ0n) is 12.0. The van der Waals surface area contributed by atoms with E-state index in [1.807, 2.05) is 24.3 Å². The van der Waals surface area contributed by atoms with Crippen molar-refractivity contribution in [1.82, 2.24) is 9.62 Å². The SMILES string of the molecule is COc1cccc(C(CNS(C)(=O)=O)N2CCCC2)c1. The van der Waals surface area contributed by atoms with Gasteiger partial charge in [-0.2, -0.15) is 0 Å². The summed E-state index contributed by atoms with van der Waals surface area (Å²) in [6.07, 6.45) is 3.53. The molecule has 20 heavy (non-hydrogen) atoms. The molecule has 1 N–H and O–H groups in total. The Balaban J connectivity index is 2.20. The molecule has 1 saturated heterocycles. The van der Waals surface area contributed by atoms with Gasteiger partial charge in [-0.1, -0.05) is 12.1 Å². The maximum Gasteiger partial charge on any atom is 0.208 e. The van der Waals surface area contributed by atoms with Crippen LogP contribution < -0.4 is 9.46 Å². The molecule has 0 spiro atoms. The van der Waals surface area contributed by atoms with Crippen molar-refractivity contribution in [2.24, 2.45) is 0 Å². The summed E-state index contributed by atoms with van der Waals surface area (Å²) in [6.45, 7) is 2.41. The van der Waals surface area contributed by atoms with Crippen molar-refractivity contribution >= 4 is 10.0 Å². The predicted molar refractivity (Wildman–Crippen MR) is 79.4 cm³/mol. The highest BCUT2D eigenvalue weighted by molar-refractivity contribution is 7.88. The first-order valence-corrected chi connectivity index (χ1v) is 8.71. The van der Waals surface area contributed by atoms with Crippen molar-refractivity contribution in [3.63, 3.8) is 0 Å². The Morgan fingerprint density at radius 2 is 2.05 bits per heavy atom. The van der Waals surface area contributed by atoms with E-state index >= 15 is 0 Å². The molecule has 112 valence electrons. The number of nitrogens with one attached hydrogen (secondary N) is 1. The first-order chi connectivity index (χ1) is 9.49. The molecule has 0 saturated carbocycles. The number of nitrogens with zero attached hydrogens (tertiary/aromatic N) is 1. The van der Waals surface area contributed by atoms with E-state index in [2.05, 4.69) is 9.62 Å². The zero-order chi connectivity index (χ0) is 14.6. The molecule has 1 aromatic carbocycles. The number of rotatable bonds is 6. The van der Waals surface area contributed by atoms with Crippen LogP contribution >= 0.6 is 0 Å². The second-order valence-electron chi connectivity index (χ2n) is 5.16. The first kappa shape index (κ1) is 15.3. The third kappa shape index (κ3) is 4.19. The summed E-state index contributed by atoms with van der Waals surface area (Å²) in [7, 11) is -1.54. The molecule has 0 aromatic heterocycles. The van der Waals surface area contributed by atoms with E-state index in [1.54, 1.807) is 7.11 Å². The van der Waals surface area contributed by atoms with Crippen molar-refractivity contribution in [1.29, 1.82) is 0 Å². The van der Waals surface area contributed by atoms with Crippen LogP contribution in [0.1, 0.15) is 24.4 Å². The summed E-state index contributed by atoms with van der Waals surface area (Å²) in [4.78, 5) is 2.33. The van der Waals surface area contributed by atoms with E-state index in [1.165, 1.54) is 19.1 Å². The standard InChI is InChI=1S/C14H22N2O3S/c1-19-13-7-5-6-12(10-13)14(11-15-20(2,17)18)16-8-3-4-9-16/h5-7,10,14-15H,3-4,8-9,11H2,1-2H3. The van der Waals surface area contributed by atoms with Crippen molar-refractivity contribution in [3.8, 4) is 5.75 Å². The molecule has 1 aromatic rings. The van der Waals surface area contributed by atoms with E-state index in [0.717, 1.165) is 24.4 Å². The molecule has 0 radical (unpaired) electrons. The average molecular weight is 298 g/mol. The Morgan fingerprint density at radius 1 is 1.35 bits per heavy atom. The van der Waals surface area contributed by atoms with Gasteiger partial charge in [0.15, 0.2) is 0 Å². The number of hydrogen-bond acceptors (Lipinski definition) is 4. The Bertz CT molecular complexity index is 539. The number of methoxy groups -OCH3 is 1. The second-order valence-corrected chi connectivity index (χ2v) is 6.99. The number of ether oxygens (including phenoxy) is 1. The molecule has 1 fully saturated rings. The van der Waals surface area contributed by atoms with Crippen LogP contribution in [0, 0.1) is 0 Å². The maximum absolute atomic E-state index is 11.4. The molecule has 2 rings (SSSR count). The van der Waals surface area contributed by atoms with Gasteiger partial charge in [0, 0.05) is 12.6 Å². The fourth-order valence-corrected chi connectivity index (χ4v) is 3.05. The molecule has 0 aliphatic carbocycles. The van der Waals surface area contributed by atoms with E-state index in [9.17, 15) is 8.42 Å². The Labute approximate surface area is 121 Å². The Kier molecular flexibility index (Phi) is 5.01. The van der Waals surface area contributed by atoms with Gasteiger partial charge in [0.05, 0.1) is 13.4 Å². The molecule has 1 unspecified atom stereocenters.